The number of carbonyl (C=O) groups excluding carboxylic acids is 1. The molecule has 0 aliphatic rings. The second-order valence-corrected chi connectivity index (χ2v) is 4.80. The molecule has 0 fully saturated rings. The lowest BCUT2D eigenvalue weighted by atomic mass is 10.1. The summed E-state index contributed by atoms with van der Waals surface area (Å²) in [5.41, 5.74) is -0.358. The Bertz CT molecular complexity index is 527. The molecule has 0 radical (unpaired) electrons. The first kappa shape index (κ1) is 12.1. The van der Waals surface area contributed by atoms with Gasteiger partial charge in [-0.25, -0.2) is 17.9 Å². The summed E-state index contributed by atoms with van der Waals surface area (Å²) in [6, 6.07) is 1.58. The van der Waals surface area contributed by atoms with E-state index < -0.39 is 26.5 Å². The molecule has 2 N–H and O–H groups in total. The number of nitrogens with two attached hydrogens (primary N) is 1. The van der Waals surface area contributed by atoms with Gasteiger partial charge in [0.05, 0.1) is 10.6 Å². The Kier molecular flexibility index (Phi) is 3.13. The van der Waals surface area contributed by atoms with Crippen LogP contribution in [0.15, 0.2) is 17.0 Å². The molecule has 0 spiro atoms. The van der Waals surface area contributed by atoms with Crippen molar-refractivity contribution in [2.75, 3.05) is 0 Å². The van der Waals surface area contributed by atoms with Gasteiger partial charge in [-0.1, -0.05) is 11.6 Å². The van der Waals surface area contributed by atoms with Crippen molar-refractivity contribution in [1.82, 2.24) is 0 Å². The van der Waals surface area contributed by atoms with Gasteiger partial charge in [0.25, 0.3) is 0 Å². The fraction of sp³-hybridized carbons (Fsp3) is 0.125. The van der Waals surface area contributed by atoms with Crippen LogP contribution in [0.2, 0.25) is 5.02 Å². The van der Waals surface area contributed by atoms with E-state index in [0.717, 1.165) is 19.1 Å². The topological polar surface area (TPSA) is 77.2 Å². The van der Waals surface area contributed by atoms with Gasteiger partial charge in [-0.2, -0.15) is 0 Å². The van der Waals surface area contributed by atoms with Gasteiger partial charge in [-0.05, 0) is 19.1 Å². The molecule has 1 rings (SSSR count). The van der Waals surface area contributed by atoms with Gasteiger partial charge in [0.2, 0.25) is 10.0 Å². The van der Waals surface area contributed by atoms with Crippen LogP contribution in [0, 0.1) is 5.82 Å². The van der Waals surface area contributed by atoms with E-state index in [1.54, 1.807) is 0 Å². The van der Waals surface area contributed by atoms with Crippen molar-refractivity contribution in [3.05, 3.63) is 28.5 Å². The summed E-state index contributed by atoms with van der Waals surface area (Å²) in [6.45, 7) is 1.11. The zero-order chi connectivity index (χ0) is 11.8. The molecular formula is C8H7ClFNO3S. The van der Waals surface area contributed by atoms with Gasteiger partial charge in [-0.3, -0.25) is 4.79 Å². The molecule has 1 aromatic rings. The van der Waals surface area contributed by atoms with E-state index in [2.05, 4.69) is 0 Å². The summed E-state index contributed by atoms with van der Waals surface area (Å²) in [5, 5.41) is 4.48. The van der Waals surface area contributed by atoms with Gasteiger partial charge in [0, 0.05) is 0 Å². The van der Waals surface area contributed by atoms with Crippen molar-refractivity contribution in [3.63, 3.8) is 0 Å². The van der Waals surface area contributed by atoms with Gasteiger partial charge in [-0.15, -0.1) is 0 Å². The number of sulfonamides is 1. The molecule has 0 atom stereocenters. The molecule has 4 nitrogen and oxygen atoms in total. The van der Waals surface area contributed by atoms with Crippen LogP contribution < -0.4 is 5.14 Å². The molecular weight excluding hydrogens is 245 g/mol. The standard InChI is InChI=1S/C8H7ClFNO3S/c1-4(12)5-2-8(15(11,13)14)6(9)3-7(5)10/h2-3H,1H3,(H2,11,13,14). The molecule has 0 unspecified atom stereocenters. The Balaban J connectivity index is 3.58. The predicted octanol–water partition coefficient (Wildman–Crippen LogP) is 1.33. The molecule has 0 amide bonds. The fourth-order valence-corrected chi connectivity index (χ4v) is 2.10. The molecule has 0 bridgehead atoms. The third kappa shape index (κ3) is 2.53. The second kappa shape index (κ2) is 3.88. The van der Waals surface area contributed by atoms with Crippen LogP contribution in [0.4, 0.5) is 4.39 Å². The molecule has 0 saturated heterocycles. The van der Waals surface area contributed by atoms with Crippen molar-refractivity contribution in [2.24, 2.45) is 5.14 Å². The number of ketones is 1. The molecule has 0 saturated carbocycles. The first-order chi connectivity index (χ1) is 6.73. The first-order valence-electron chi connectivity index (χ1n) is 3.76. The zero-order valence-electron chi connectivity index (χ0n) is 7.62. The van der Waals surface area contributed by atoms with Crippen molar-refractivity contribution >= 4 is 27.4 Å². The summed E-state index contributed by atoms with van der Waals surface area (Å²) >= 11 is 5.48. The minimum absolute atomic E-state index is 0.347. The lowest BCUT2D eigenvalue weighted by Crippen LogP contribution is -2.14. The van der Waals surface area contributed by atoms with Crippen LogP contribution in [-0.4, -0.2) is 14.2 Å². The van der Waals surface area contributed by atoms with E-state index >= 15 is 0 Å². The van der Waals surface area contributed by atoms with Crippen LogP contribution in [-0.2, 0) is 10.0 Å². The third-order valence-corrected chi connectivity index (χ3v) is 3.08. The largest absolute Gasteiger partial charge is 0.294 e. The number of rotatable bonds is 2. The maximum Gasteiger partial charge on any atom is 0.239 e. The average molecular weight is 252 g/mol. The number of hydrogen-bond donors (Lipinski definition) is 1. The zero-order valence-corrected chi connectivity index (χ0v) is 9.19. The molecule has 0 aliphatic carbocycles. The maximum atomic E-state index is 13.1. The van der Waals surface area contributed by atoms with Crippen molar-refractivity contribution in [3.8, 4) is 0 Å². The maximum absolute atomic E-state index is 13.1. The quantitative estimate of drug-likeness (QED) is 0.806. The van der Waals surface area contributed by atoms with E-state index in [-0.39, 0.29) is 10.6 Å². The molecule has 82 valence electrons. The molecule has 1 aromatic carbocycles. The lowest BCUT2D eigenvalue weighted by molar-refractivity contribution is 0.101. The second-order valence-electron chi connectivity index (χ2n) is 2.86. The van der Waals surface area contributed by atoms with E-state index in [9.17, 15) is 17.6 Å². The minimum atomic E-state index is -4.06. The number of halogens is 2. The van der Waals surface area contributed by atoms with Crippen molar-refractivity contribution in [1.29, 1.82) is 0 Å². The van der Waals surface area contributed by atoms with Crippen LogP contribution in [0.3, 0.4) is 0 Å². The van der Waals surface area contributed by atoms with Crippen LogP contribution in [0.1, 0.15) is 17.3 Å². The summed E-state index contributed by atoms with van der Waals surface area (Å²) < 4.78 is 35.1. The highest BCUT2D eigenvalue weighted by molar-refractivity contribution is 7.89. The van der Waals surface area contributed by atoms with E-state index in [1.807, 2.05) is 0 Å². The predicted molar refractivity (Wildman–Crippen MR) is 52.8 cm³/mol. The summed E-state index contributed by atoms with van der Waals surface area (Å²) in [7, 11) is -4.06. The van der Waals surface area contributed by atoms with Gasteiger partial charge in [0.1, 0.15) is 10.7 Å². The average Bonchev–Trinajstić information content (AvgIpc) is 2.00. The summed E-state index contributed by atoms with van der Waals surface area (Å²) in [6.07, 6.45) is 0. The normalized spacial score (nSPS) is 11.5. The number of benzene rings is 1. The highest BCUT2D eigenvalue weighted by Gasteiger charge is 2.18. The third-order valence-electron chi connectivity index (χ3n) is 1.71. The summed E-state index contributed by atoms with van der Waals surface area (Å²) in [4.78, 5) is 10.5. The van der Waals surface area contributed by atoms with Gasteiger partial charge >= 0.3 is 0 Å². The van der Waals surface area contributed by atoms with Crippen molar-refractivity contribution in [2.45, 2.75) is 11.8 Å². The van der Waals surface area contributed by atoms with Gasteiger partial charge in [0.15, 0.2) is 5.78 Å². The van der Waals surface area contributed by atoms with E-state index in [0.29, 0.717) is 0 Å². The van der Waals surface area contributed by atoms with Crippen LogP contribution in [0.25, 0.3) is 0 Å². The molecule has 15 heavy (non-hydrogen) atoms. The first-order valence-corrected chi connectivity index (χ1v) is 5.68. The number of Topliss-reactive ketones (excluding diaryl/α,β-unsaturated/α-hetero) is 1. The Labute approximate surface area is 90.9 Å². The monoisotopic (exact) mass is 251 g/mol. The molecule has 0 heterocycles. The van der Waals surface area contributed by atoms with Gasteiger partial charge < -0.3 is 0 Å². The van der Waals surface area contributed by atoms with E-state index in [4.69, 9.17) is 16.7 Å². The van der Waals surface area contributed by atoms with Crippen molar-refractivity contribution < 1.29 is 17.6 Å². The minimum Gasteiger partial charge on any atom is -0.294 e. The number of hydrogen-bond acceptors (Lipinski definition) is 3. The Morgan fingerprint density at radius 1 is 1.47 bits per heavy atom. The lowest BCUT2D eigenvalue weighted by Gasteiger charge is -2.04. The Hall–Kier alpha value is -0.980. The summed E-state index contributed by atoms with van der Waals surface area (Å²) in [5.74, 6) is -1.48. The Morgan fingerprint density at radius 2 is 2.00 bits per heavy atom. The van der Waals surface area contributed by atoms with Crippen LogP contribution in [0.5, 0.6) is 0 Å². The highest BCUT2D eigenvalue weighted by atomic mass is 35.5. The van der Waals surface area contributed by atoms with E-state index in [1.165, 1.54) is 0 Å². The number of carbonyl (C=O) groups is 1. The highest BCUT2D eigenvalue weighted by Crippen LogP contribution is 2.24. The number of primary sulfonamides is 1. The SMILES string of the molecule is CC(=O)c1cc(S(N)(=O)=O)c(Cl)cc1F. The Morgan fingerprint density at radius 3 is 2.40 bits per heavy atom. The van der Waals surface area contributed by atoms with Crippen LogP contribution >= 0.6 is 11.6 Å². The molecule has 0 aliphatic heterocycles. The smallest absolute Gasteiger partial charge is 0.239 e. The fourth-order valence-electron chi connectivity index (χ4n) is 1.02. The molecule has 7 heteroatoms. The molecule has 0 aromatic heterocycles.